The zero-order chi connectivity index (χ0) is 19.4. The maximum absolute atomic E-state index is 12.4. The zero-order valence-electron chi connectivity index (χ0n) is 15.8. The standard InChI is InChI=1S/C19H29N3O3S/c1-4-5-6-11-17(23)21-22-19(26)20-18(24)15-9-7-8-10-16(15)25-13-12-14(2)3/h7-10,14H,4-6,11-13H2,1-3H3,(H,21,23)(H2,20,22,24,26). The Morgan fingerprint density at radius 1 is 1.15 bits per heavy atom. The first-order valence-corrected chi connectivity index (χ1v) is 9.46. The molecule has 6 nitrogen and oxygen atoms in total. The van der Waals surface area contributed by atoms with Gasteiger partial charge in [-0.05, 0) is 43.1 Å². The molecule has 3 N–H and O–H groups in total. The first-order chi connectivity index (χ1) is 12.4. The maximum Gasteiger partial charge on any atom is 0.261 e. The Bertz CT molecular complexity index is 605. The van der Waals surface area contributed by atoms with E-state index in [2.05, 4.69) is 36.9 Å². The van der Waals surface area contributed by atoms with E-state index < -0.39 is 0 Å². The van der Waals surface area contributed by atoms with Gasteiger partial charge in [0.1, 0.15) is 5.75 Å². The van der Waals surface area contributed by atoms with Crippen molar-refractivity contribution in [2.75, 3.05) is 6.61 Å². The monoisotopic (exact) mass is 379 g/mol. The average molecular weight is 380 g/mol. The van der Waals surface area contributed by atoms with Gasteiger partial charge >= 0.3 is 0 Å². The molecular weight excluding hydrogens is 350 g/mol. The van der Waals surface area contributed by atoms with E-state index in [9.17, 15) is 9.59 Å². The molecule has 0 saturated carbocycles. The van der Waals surface area contributed by atoms with Gasteiger partial charge in [0.2, 0.25) is 5.91 Å². The van der Waals surface area contributed by atoms with Crippen LogP contribution in [0.3, 0.4) is 0 Å². The Labute approximate surface area is 161 Å². The number of benzene rings is 1. The van der Waals surface area contributed by atoms with Crippen LogP contribution in [0.2, 0.25) is 0 Å². The zero-order valence-corrected chi connectivity index (χ0v) is 16.6. The van der Waals surface area contributed by atoms with E-state index >= 15 is 0 Å². The van der Waals surface area contributed by atoms with Crippen molar-refractivity contribution >= 4 is 29.1 Å². The number of para-hydroxylation sites is 1. The third kappa shape index (κ3) is 8.80. The van der Waals surface area contributed by atoms with E-state index in [-0.39, 0.29) is 16.9 Å². The van der Waals surface area contributed by atoms with Crippen LogP contribution in [0.4, 0.5) is 0 Å². The minimum atomic E-state index is -0.386. The molecule has 1 aromatic carbocycles. The Morgan fingerprint density at radius 2 is 1.88 bits per heavy atom. The Kier molecular flexibility index (Phi) is 10.3. The highest BCUT2D eigenvalue weighted by molar-refractivity contribution is 7.80. The van der Waals surface area contributed by atoms with Gasteiger partial charge in [-0.1, -0.05) is 45.7 Å². The third-order valence-electron chi connectivity index (χ3n) is 3.63. The number of amides is 2. The molecule has 0 aliphatic rings. The molecule has 0 spiro atoms. The van der Waals surface area contributed by atoms with Crippen LogP contribution in [0.1, 0.15) is 63.2 Å². The van der Waals surface area contributed by atoms with Crippen LogP contribution in [-0.2, 0) is 4.79 Å². The summed E-state index contributed by atoms with van der Waals surface area (Å²) in [5.41, 5.74) is 5.43. The molecule has 7 heteroatoms. The van der Waals surface area contributed by atoms with Gasteiger partial charge in [0, 0.05) is 6.42 Å². The molecule has 144 valence electrons. The van der Waals surface area contributed by atoms with Gasteiger partial charge in [-0.25, -0.2) is 0 Å². The van der Waals surface area contributed by atoms with Crippen molar-refractivity contribution in [2.45, 2.75) is 52.9 Å². The summed E-state index contributed by atoms with van der Waals surface area (Å²) in [6.07, 6.45) is 4.20. The summed E-state index contributed by atoms with van der Waals surface area (Å²) in [4.78, 5) is 24.0. The molecule has 0 atom stereocenters. The van der Waals surface area contributed by atoms with Crippen molar-refractivity contribution in [3.63, 3.8) is 0 Å². The Hall–Kier alpha value is -2.15. The second kappa shape index (κ2) is 12.2. The molecule has 1 aromatic rings. The summed E-state index contributed by atoms with van der Waals surface area (Å²) in [5, 5.41) is 2.58. The highest BCUT2D eigenvalue weighted by atomic mass is 32.1. The van der Waals surface area contributed by atoms with Crippen LogP contribution < -0.4 is 20.9 Å². The first kappa shape index (κ1) is 21.9. The summed E-state index contributed by atoms with van der Waals surface area (Å²) in [5.74, 6) is 0.487. The summed E-state index contributed by atoms with van der Waals surface area (Å²) in [7, 11) is 0. The lowest BCUT2D eigenvalue weighted by atomic mass is 10.1. The Balaban J connectivity index is 2.49. The highest BCUT2D eigenvalue weighted by Gasteiger charge is 2.14. The van der Waals surface area contributed by atoms with Crippen LogP contribution in [0.25, 0.3) is 0 Å². The van der Waals surface area contributed by atoms with Gasteiger partial charge in [0.05, 0.1) is 12.2 Å². The number of nitrogens with one attached hydrogen (secondary N) is 3. The molecule has 0 fully saturated rings. The largest absolute Gasteiger partial charge is 0.493 e. The molecule has 0 aliphatic carbocycles. The van der Waals surface area contributed by atoms with E-state index in [0.29, 0.717) is 30.3 Å². The van der Waals surface area contributed by atoms with Gasteiger partial charge in [0.25, 0.3) is 5.91 Å². The van der Waals surface area contributed by atoms with Crippen molar-refractivity contribution in [1.82, 2.24) is 16.2 Å². The van der Waals surface area contributed by atoms with Crippen molar-refractivity contribution in [1.29, 1.82) is 0 Å². The van der Waals surface area contributed by atoms with Gasteiger partial charge in [-0.15, -0.1) is 0 Å². The molecule has 0 saturated heterocycles. The molecular formula is C19H29N3O3S. The van der Waals surface area contributed by atoms with Crippen LogP contribution in [0.15, 0.2) is 24.3 Å². The van der Waals surface area contributed by atoms with Gasteiger partial charge in [0.15, 0.2) is 5.11 Å². The number of carbonyl (C=O) groups excluding carboxylic acids is 2. The average Bonchev–Trinajstić information content (AvgIpc) is 2.60. The van der Waals surface area contributed by atoms with Crippen molar-refractivity contribution in [3.05, 3.63) is 29.8 Å². The number of rotatable bonds is 9. The molecule has 0 heterocycles. The highest BCUT2D eigenvalue weighted by Crippen LogP contribution is 2.18. The predicted octanol–water partition coefficient (Wildman–Crippen LogP) is 3.33. The number of thiocarbonyl (C=S) groups is 1. The smallest absolute Gasteiger partial charge is 0.261 e. The number of ether oxygens (including phenoxy) is 1. The van der Waals surface area contributed by atoms with E-state index in [4.69, 9.17) is 17.0 Å². The van der Waals surface area contributed by atoms with Crippen LogP contribution >= 0.6 is 12.2 Å². The van der Waals surface area contributed by atoms with Crippen molar-refractivity contribution in [2.24, 2.45) is 5.92 Å². The number of hydrogen-bond acceptors (Lipinski definition) is 4. The van der Waals surface area contributed by atoms with E-state index in [1.807, 2.05) is 6.07 Å². The lowest BCUT2D eigenvalue weighted by Crippen LogP contribution is -2.48. The Morgan fingerprint density at radius 3 is 2.58 bits per heavy atom. The molecule has 1 rings (SSSR count). The van der Waals surface area contributed by atoms with Gasteiger partial charge in [-0.3, -0.25) is 25.8 Å². The lowest BCUT2D eigenvalue weighted by molar-refractivity contribution is -0.121. The van der Waals surface area contributed by atoms with Crippen LogP contribution in [0, 0.1) is 5.92 Å². The second-order valence-corrected chi connectivity index (χ2v) is 6.85. The topological polar surface area (TPSA) is 79.5 Å². The number of carbonyl (C=O) groups is 2. The van der Waals surface area contributed by atoms with Crippen molar-refractivity contribution in [3.8, 4) is 5.75 Å². The van der Waals surface area contributed by atoms with E-state index in [1.54, 1.807) is 18.2 Å². The molecule has 0 bridgehead atoms. The number of hydrogen-bond donors (Lipinski definition) is 3. The molecule has 0 aliphatic heterocycles. The maximum atomic E-state index is 12.4. The van der Waals surface area contributed by atoms with E-state index in [0.717, 1.165) is 25.7 Å². The summed E-state index contributed by atoms with van der Waals surface area (Å²) in [6.45, 7) is 6.84. The van der Waals surface area contributed by atoms with Gasteiger partial charge < -0.3 is 4.74 Å². The van der Waals surface area contributed by atoms with Crippen molar-refractivity contribution < 1.29 is 14.3 Å². The summed E-state index contributed by atoms with van der Waals surface area (Å²) in [6, 6.07) is 7.00. The predicted molar refractivity (Wildman–Crippen MR) is 107 cm³/mol. The fourth-order valence-electron chi connectivity index (χ4n) is 2.11. The third-order valence-corrected chi connectivity index (χ3v) is 3.84. The molecule has 0 unspecified atom stereocenters. The number of hydrazine groups is 1. The SMILES string of the molecule is CCCCCC(=O)NNC(=S)NC(=O)c1ccccc1OCCC(C)C. The van der Waals surface area contributed by atoms with Crippen LogP contribution in [-0.4, -0.2) is 23.5 Å². The normalized spacial score (nSPS) is 10.3. The lowest BCUT2D eigenvalue weighted by Gasteiger charge is -2.14. The fourth-order valence-corrected chi connectivity index (χ4v) is 2.25. The fraction of sp³-hybridized carbons (Fsp3) is 0.526. The molecule has 26 heavy (non-hydrogen) atoms. The molecule has 0 radical (unpaired) electrons. The molecule has 2 amide bonds. The number of unbranched alkanes of at least 4 members (excludes halogenated alkanes) is 2. The van der Waals surface area contributed by atoms with Crippen LogP contribution in [0.5, 0.6) is 5.75 Å². The van der Waals surface area contributed by atoms with E-state index in [1.165, 1.54) is 0 Å². The van der Waals surface area contributed by atoms with Gasteiger partial charge in [-0.2, -0.15) is 0 Å². The second-order valence-electron chi connectivity index (χ2n) is 6.44. The minimum Gasteiger partial charge on any atom is -0.493 e. The molecule has 0 aromatic heterocycles. The summed E-state index contributed by atoms with van der Waals surface area (Å²) >= 11 is 5.05. The minimum absolute atomic E-state index is 0.0378. The quantitative estimate of drug-likeness (QED) is 0.348. The summed E-state index contributed by atoms with van der Waals surface area (Å²) < 4.78 is 5.71. The first-order valence-electron chi connectivity index (χ1n) is 9.06.